The van der Waals surface area contributed by atoms with Crippen molar-refractivity contribution in [3.63, 3.8) is 0 Å². The van der Waals surface area contributed by atoms with Crippen LogP contribution in [0.1, 0.15) is 0 Å². The van der Waals surface area contributed by atoms with Crippen LogP contribution in [0.3, 0.4) is 0 Å². The van der Waals surface area contributed by atoms with E-state index in [0.717, 1.165) is 0 Å². The Bertz CT molecular complexity index is 1100. The van der Waals surface area contributed by atoms with Gasteiger partial charge in [-0.15, -0.1) is 0 Å². The molecule has 21 nitrogen and oxygen atoms in total. The fourth-order valence-corrected chi connectivity index (χ4v) is 4.63. The Morgan fingerprint density at radius 1 is 0.833 bits per heavy atom. The molecule has 2 rings (SSSR count). The van der Waals surface area contributed by atoms with E-state index in [1.54, 1.807) is 0 Å². The van der Waals surface area contributed by atoms with Crippen molar-refractivity contribution in [2.24, 2.45) is 0 Å². The first-order chi connectivity index (χ1) is 16.2. The van der Waals surface area contributed by atoms with Crippen LogP contribution in [0.25, 0.3) is 0 Å². The predicted molar refractivity (Wildman–Crippen MR) is 102 cm³/mol. The molecule has 0 spiro atoms. The molecule has 0 aromatic rings. The lowest BCUT2D eigenvalue weighted by Crippen LogP contribution is -2.67. The average Bonchev–Trinajstić information content (AvgIpc) is 2.68. The molecule has 10 atom stereocenters. The number of ether oxygens (including phenoxy) is 3. The van der Waals surface area contributed by atoms with E-state index in [1.807, 2.05) is 0 Å². The van der Waals surface area contributed by atoms with E-state index in [2.05, 4.69) is 8.37 Å². The van der Waals surface area contributed by atoms with Crippen molar-refractivity contribution in [3.8, 4) is 0 Å². The van der Waals surface area contributed by atoms with Crippen molar-refractivity contribution in [1.29, 1.82) is 0 Å². The van der Waals surface area contributed by atoms with Gasteiger partial charge in [0.2, 0.25) is 0 Å². The number of carboxylic acid groups (broad SMARTS) is 1. The molecule has 2 heterocycles. The number of aliphatic carboxylic acids is 1. The summed E-state index contributed by atoms with van der Waals surface area (Å²) in [7, 11) is -15.8. The molecule has 24 heteroatoms. The van der Waals surface area contributed by atoms with E-state index in [4.69, 9.17) is 33.0 Å². The van der Waals surface area contributed by atoms with E-state index in [0.29, 0.717) is 0 Å². The highest BCUT2D eigenvalue weighted by molar-refractivity contribution is 7.83. The second-order valence-corrected chi connectivity index (χ2v) is 10.5. The summed E-state index contributed by atoms with van der Waals surface area (Å²) in [6.07, 6.45) is -21.1. The molecule has 36 heavy (non-hydrogen) atoms. The minimum Gasteiger partial charge on any atom is -0.479 e. The van der Waals surface area contributed by atoms with Crippen LogP contribution in [0.2, 0.25) is 0 Å². The molecule has 2 aliphatic heterocycles. The molecular formula is C12H21NO20S3. The Balaban J connectivity index is 2.46. The predicted octanol–water partition coefficient (Wildman–Crippen LogP) is -6.25. The van der Waals surface area contributed by atoms with Crippen molar-refractivity contribution in [2.45, 2.75) is 61.3 Å². The summed E-state index contributed by atoms with van der Waals surface area (Å²) in [5.41, 5.74) is 0. The van der Waals surface area contributed by atoms with Gasteiger partial charge in [-0.05, 0) is 0 Å². The molecule has 0 aromatic carbocycles. The van der Waals surface area contributed by atoms with Gasteiger partial charge in [0.05, 0.1) is 6.61 Å². The van der Waals surface area contributed by atoms with Crippen LogP contribution in [0.4, 0.5) is 0 Å². The van der Waals surface area contributed by atoms with Crippen LogP contribution in [0.15, 0.2) is 0 Å². The normalized spacial score (nSPS) is 38.5. The average molecular weight is 595 g/mol. The smallest absolute Gasteiger partial charge is 0.397 e. The first-order valence-electron chi connectivity index (χ1n) is 9.14. The molecule has 2 aliphatic rings. The molecule has 10 unspecified atom stereocenters. The number of carboxylic acids is 1. The minimum atomic E-state index is -5.47. The lowest BCUT2D eigenvalue weighted by Gasteiger charge is -2.46. The maximum absolute atomic E-state index is 11.3. The molecule has 0 aromatic heterocycles. The van der Waals surface area contributed by atoms with Crippen LogP contribution in [-0.4, -0.2) is 138 Å². The number of hydrogen-bond donors (Lipinski definition) is 9. The van der Waals surface area contributed by atoms with Crippen LogP contribution < -0.4 is 4.72 Å². The zero-order valence-electron chi connectivity index (χ0n) is 17.2. The zero-order valence-corrected chi connectivity index (χ0v) is 19.6. The highest BCUT2D eigenvalue weighted by Gasteiger charge is 2.54. The van der Waals surface area contributed by atoms with Crippen molar-refractivity contribution in [2.75, 3.05) is 6.61 Å². The van der Waals surface area contributed by atoms with Gasteiger partial charge < -0.3 is 39.7 Å². The third-order valence-corrected chi connectivity index (χ3v) is 6.14. The van der Waals surface area contributed by atoms with Gasteiger partial charge >= 0.3 is 37.1 Å². The van der Waals surface area contributed by atoms with Crippen LogP contribution in [0.5, 0.6) is 0 Å². The Morgan fingerprint density at radius 2 is 1.42 bits per heavy atom. The number of carbonyl (C=O) groups is 1. The number of aliphatic hydroxyl groups excluding tert-OH is 4. The Kier molecular flexibility index (Phi) is 9.71. The number of nitrogens with one attached hydrogen (secondary N) is 1. The zero-order chi connectivity index (χ0) is 27.8. The highest BCUT2D eigenvalue weighted by Crippen LogP contribution is 2.31. The molecule has 2 fully saturated rings. The van der Waals surface area contributed by atoms with Crippen LogP contribution >= 0.6 is 0 Å². The number of hydrogen-bond acceptors (Lipinski definition) is 16. The SMILES string of the molecule is O=C(O)C1OC(OC2C(COS(=O)(=O)O)OC(O)C(NS(=O)(=O)O)C2O)C(OS(=O)(=O)O)C(O)C1O. The molecule has 2 saturated heterocycles. The maximum Gasteiger partial charge on any atom is 0.397 e. The monoisotopic (exact) mass is 595 g/mol. The Morgan fingerprint density at radius 3 is 1.89 bits per heavy atom. The lowest BCUT2D eigenvalue weighted by atomic mass is 9.96. The minimum absolute atomic E-state index is 1.29. The van der Waals surface area contributed by atoms with Gasteiger partial charge in [0.15, 0.2) is 24.8 Å². The third-order valence-electron chi connectivity index (χ3n) is 4.67. The van der Waals surface area contributed by atoms with Crippen molar-refractivity contribution in [1.82, 2.24) is 4.72 Å². The maximum atomic E-state index is 11.3. The Hall–Kier alpha value is -1.20. The summed E-state index contributed by atoms with van der Waals surface area (Å²) in [5.74, 6) is -1.94. The van der Waals surface area contributed by atoms with E-state index in [9.17, 15) is 50.5 Å². The topological polar surface area (TPSA) is 340 Å². The molecule has 9 N–H and O–H groups in total. The Labute approximate surface area is 201 Å². The number of aliphatic hydroxyl groups is 4. The van der Waals surface area contributed by atoms with Crippen molar-refractivity contribution >= 4 is 37.1 Å². The van der Waals surface area contributed by atoms with Gasteiger partial charge in [-0.25, -0.2) is 13.2 Å². The summed E-state index contributed by atoms with van der Waals surface area (Å²) in [6.45, 7) is -1.29. The second kappa shape index (κ2) is 11.3. The van der Waals surface area contributed by atoms with Gasteiger partial charge in [0.25, 0.3) is 0 Å². The molecular weight excluding hydrogens is 574 g/mol. The van der Waals surface area contributed by atoms with Gasteiger partial charge in [-0.3, -0.25) is 13.7 Å². The van der Waals surface area contributed by atoms with E-state index in [1.165, 1.54) is 4.72 Å². The van der Waals surface area contributed by atoms with E-state index in [-0.39, 0.29) is 0 Å². The first kappa shape index (κ1) is 31.0. The lowest BCUT2D eigenvalue weighted by molar-refractivity contribution is -0.336. The summed E-state index contributed by atoms with van der Waals surface area (Å²) in [6, 6.07) is -2.19. The molecule has 0 saturated carbocycles. The van der Waals surface area contributed by atoms with Crippen LogP contribution in [0, 0.1) is 0 Å². The van der Waals surface area contributed by atoms with Crippen molar-refractivity contribution < 1.29 is 91.8 Å². The van der Waals surface area contributed by atoms with Crippen LogP contribution in [-0.2, 0) is 58.5 Å². The largest absolute Gasteiger partial charge is 0.479 e. The fraction of sp³-hybridized carbons (Fsp3) is 0.917. The fourth-order valence-electron chi connectivity index (χ4n) is 3.24. The summed E-state index contributed by atoms with van der Waals surface area (Å²) in [4.78, 5) is 11.3. The molecule has 0 radical (unpaired) electrons. The van der Waals surface area contributed by atoms with Crippen molar-refractivity contribution in [3.05, 3.63) is 0 Å². The van der Waals surface area contributed by atoms with Gasteiger partial charge in [0.1, 0.15) is 36.6 Å². The highest BCUT2D eigenvalue weighted by atomic mass is 32.3. The standard InChI is InChI=1S/C12H21NO20S3/c14-4-3(13-34(20,21)22)11(19)30-2(1-29-35(23,24)25)7(4)31-12-9(33-36(26,27)28)6(16)5(15)8(32-12)10(17)18/h2-9,11-16,19H,1H2,(H,17,18)(H,20,21,22)(H,23,24,25)(H,26,27,28). The third kappa shape index (κ3) is 8.41. The van der Waals surface area contributed by atoms with Gasteiger partial charge in [-0.1, -0.05) is 0 Å². The quantitative estimate of drug-likeness (QED) is 0.106. The van der Waals surface area contributed by atoms with Gasteiger partial charge in [-0.2, -0.15) is 30.0 Å². The van der Waals surface area contributed by atoms with Gasteiger partial charge in [0, 0.05) is 0 Å². The number of rotatable bonds is 10. The van der Waals surface area contributed by atoms with E-state index < -0.39 is 105 Å². The molecule has 0 amide bonds. The molecule has 0 bridgehead atoms. The van der Waals surface area contributed by atoms with E-state index >= 15 is 0 Å². The summed E-state index contributed by atoms with van der Waals surface area (Å²) >= 11 is 0. The first-order valence-corrected chi connectivity index (χ1v) is 13.3. The summed E-state index contributed by atoms with van der Waals surface area (Å²) in [5, 5.41) is 49.7. The second-order valence-electron chi connectivity index (χ2n) is 7.22. The summed E-state index contributed by atoms with van der Waals surface area (Å²) < 4.78 is 118. The molecule has 212 valence electrons. The molecule has 0 aliphatic carbocycles.